The summed E-state index contributed by atoms with van der Waals surface area (Å²) in [5.74, 6) is 0. The van der Waals surface area contributed by atoms with Crippen LogP contribution >= 0.6 is 0 Å². The average Bonchev–Trinajstić information content (AvgIpc) is 2.75. The van der Waals surface area contributed by atoms with E-state index < -0.39 is 0 Å². The fourth-order valence-corrected chi connectivity index (χ4v) is 3.71. The zero-order chi connectivity index (χ0) is 20.2. The van der Waals surface area contributed by atoms with E-state index >= 15 is 0 Å². The molecule has 0 unspecified atom stereocenters. The van der Waals surface area contributed by atoms with Gasteiger partial charge in [0.15, 0.2) is 0 Å². The third-order valence-corrected chi connectivity index (χ3v) is 5.47. The number of pyridine rings is 1. The molecule has 2 amide bonds. The summed E-state index contributed by atoms with van der Waals surface area (Å²) < 4.78 is 0. The van der Waals surface area contributed by atoms with Crippen LogP contribution in [0.15, 0.2) is 59.4 Å². The Morgan fingerprint density at radius 2 is 1.79 bits per heavy atom. The number of fused-ring (bicyclic) bond motifs is 1. The minimum atomic E-state index is -0.0773. The molecule has 1 aliphatic heterocycles. The highest BCUT2D eigenvalue weighted by atomic mass is 16.2. The lowest BCUT2D eigenvalue weighted by Gasteiger charge is -2.34. The van der Waals surface area contributed by atoms with Crippen LogP contribution in [-0.4, -0.2) is 47.0 Å². The number of benzene rings is 2. The van der Waals surface area contributed by atoms with Crippen LogP contribution in [0, 0.1) is 0 Å². The van der Waals surface area contributed by atoms with Crippen LogP contribution in [-0.2, 0) is 13.0 Å². The van der Waals surface area contributed by atoms with Crippen LogP contribution in [0.4, 0.5) is 10.5 Å². The first-order valence-electron chi connectivity index (χ1n) is 10.1. The van der Waals surface area contributed by atoms with Crippen LogP contribution in [0.1, 0.15) is 18.1 Å². The van der Waals surface area contributed by atoms with Gasteiger partial charge >= 0.3 is 6.03 Å². The smallest absolute Gasteiger partial charge is 0.321 e. The van der Waals surface area contributed by atoms with E-state index in [0.29, 0.717) is 19.6 Å². The molecule has 6 nitrogen and oxygen atoms in total. The fraction of sp³-hybridized carbons (Fsp3) is 0.304. The van der Waals surface area contributed by atoms with E-state index in [2.05, 4.69) is 34.3 Å². The number of aromatic amines is 1. The second-order valence-corrected chi connectivity index (χ2v) is 7.46. The van der Waals surface area contributed by atoms with Crippen LogP contribution in [0.25, 0.3) is 10.9 Å². The Hall–Kier alpha value is -3.12. The maximum Gasteiger partial charge on any atom is 0.321 e. The van der Waals surface area contributed by atoms with Crippen LogP contribution in [0.3, 0.4) is 0 Å². The molecule has 6 heteroatoms. The lowest BCUT2D eigenvalue weighted by Crippen LogP contribution is -2.49. The van der Waals surface area contributed by atoms with Gasteiger partial charge in [0.05, 0.1) is 0 Å². The molecule has 2 N–H and O–H groups in total. The van der Waals surface area contributed by atoms with Crippen molar-refractivity contribution in [1.29, 1.82) is 0 Å². The third-order valence-electron chi connectivity index (χ3n) is 5.47. The Bertz CT molecular complexity index is 1050. The van der Waals surface area contributed by atoms with Crippen molar-refractivity contribution in [2.24, 2.45) is 0 Å². The minimum absolute atomic E-state index is 0.0361. The molecule has 3 aromatic rings. The quantitative estimate of drug-likeness (QED) is 0.717. The first-order valence-corrected chi connectivity index (χ1v) is 10.1. The number of hydrogen-bond donors (Lipinski definition) is 2. The molecule has 0 aliphatic carbocycles. The highest BCUT2D eigenvalue weighted by molar-refractivity contribution is 5.89. The summed E-state index contributed by atoms with van der Waals surface area (Å²) in [6, 6.07) is 17.6. The molecule has 2 aromatic carbocycles. The van der Waals surface area contributed by atoms with E-state index in [-0.39, 0.29) is 11.6 Å². The Labute approximate surface area is 170 Å². The van der Waals surface area contributed by atoms with Crippen molar-refractivity contribution in [3.63, 3.8) is 0 Å². The number of H-pyrrole nitrogens is 1. The number of carbonyl (C=O) groups is 1. The van der Waals surface area contributed by atoms with Gasteiger partial charge in [-0.25, -0.2) is 4.79 Å². The first-order chi connectivity index (χ1) is 14.1. The minimum Gasteiger partial charge on any atom is -0.322 e. The summed E-state index contributed by atoms with van der Waals surface area (Å²) in [5.41, 5.74) is 3.67. The molecular formula is C23H26N4O2. The molecule has 2 heterocycles. The maximum absolute atomic E-state index is 12.5. The van der Waals surface area contributed by atoms with E-state index in [1.165, 1.54) is 5.56 Å². The van der Waals surface area contributed by atoms with Crippen molar-refractivity contribution in [2.75, 3.05) is 31.5 Å². The van der Waals surface area contributed by atoms with Gasteiger partial charge in [0, 0.05) is 49.5 Å². The standard InChI is InChI=1S/C23H26N4O2/c1-2-17-8-9-21-18(14-17)15-19(22(28)25-21)16-26-10-12-27(13-11-26)23(29)24-20-6-4-3-5-7-20/h3-9,14-15H,2,10-13,16H2,1H3,(H,24,29)(H,25,28). The van der Waals surface area contributed by atoms with Crippen molar-refractivity contribution in [3.05, 3.63) is 76.1 Å². The van der Waals surface area contributed by atoms with Gasteiger partial charge < -0.3 is 15.2 Å². The number of para-hydroxylation sites is 1. The second kappa shape index (κ2) is 8.49. The molecule has 4 rings (SSSR count). The maximum atomic E-state index is 12.5. The van der Waals surface area contributed by atoms with Crippen LogP contribution < -0.4 is 10.9 Å². The molecular weight excluding hydrogens is 364 g/mol. The summed E-state index contributed by atoms with van der Waals surface area (Å²) >= 11 is 0. The zero-order valence-electron chi connectivity index (χ0n) is 16.6. The first kappa shape index (κ1) is 19.2. The molecule has 0 spiro atoms. The van der Waals surface area contributed by atoms with E-state index in [0.717, 1.165) is 41.7 Å². The van der Waals surface area contributed by atoms with Gasteiger partial charge in [-0.3, -0.25) is 9.69 Å². The predicted octanol–water partition coefficient (Wildman–Crippen LogP) is 3.44. The molecule has 1 fully saturated rings. The Morgan fingerprint density at radius 3 is 2.52 bits per heavy atom. The van der Waals surface area contributed by atoms with Gasteiger partial charge in [0.25, 0.3) is 5.56 Å². The van der Waals surface area contributed by atoms with Crippen molar-refractivity contribution >= 4 is 22.6 Å². The summed E-state index contributed by atoms with van der Waals surface area (Å²) in [5, 5.41) is 4.00. The number of nitrogens with one attached hydrogen (secondary N) is 2. The zero-order valence-corrected chi connectivity index (χ0v) is 16.6. The van der Waals surface area contributed by atoms with Crippen molar-refractivity contribution in [2.45, 2.75) is 19.9 Å². The normalized spacial score (nSPS) is 14.9. The van der Waals surface area contributed by atoms with Crippen molar-refractivity contribution in [3.8, 4) is 0 Å². The van der Waals surface area contributed by atoms with Crippen molar-refractivity contribution in [1.82, 2.24) is 14.8 Å². The second-order valence-electron chi connectivity index (χ2n) is 7.46. The van der Waals surface area contributed by atoms with Gasteiger partial charge in [-0.15, -0.1) is 0 Å². The lowest BCUT2D eigenvalue weighted by atomic mass is 10.1. The monoisotopic (exact) mass is 390 g/mol. The predicted molar refractivity (Wildman–Crippen MR) is 116 cm³/mol. The Balaban J connectivity index is 1.38. The van der Waals surface area contributed by atoms with E-state index in [4.69, 9.17) is 0 Å². The van der Waals surface area contributed by atoms with Gasteiger partial charge in [-0.2, -0.15) is 0 Å². The molecule has 1 aliphatic rings. The SMILES string of the molecule is CCc1ccc2[nH]c(=O)c(CN3CCN(C(=O)Nc4ccccc4)CC3)cc2c1. The number of aromatic nitrogens is 1. The highest BCUT2D eigenvalue weighted by Gasteiger charge is 2.22. The summed E-state index contributed by atoms with van der Waals surface area (Å²) in [6.45, 7) is 5.49. The number of carbonyl (C=O) groups excluding carboxylic acids is 1. The number of nitrogens with zero attached hydrogens (tertiary/aromatic N) is 2. The fourth-order valence-electron chi connectivity index (χ4n) is 3.71. The van der Waals surface area contributed by atoms with E-state index in [9.17, 15) is 9.59 Å². The van der Waals surface area contributed by atoms with Gasteiger partial charge in [0.2, 0.25) is 0 Å². The number of aryl methyl sites for hydroxylation is 1. The van der Waals surface area contributed by atoms with Crippen LogP contribution in [0.5, 0.6) is 0 Å². The van der Waals surface area contributed by atoms with Crippen LogP contribution in [0.2, 0.25) is 0 Å². The highest BCUT2D eigenvalue weighted by Crippen LogP contribution is 2.16. The largest absolute Gasteiger partial charge is 0.322 e. The molecule has 0 atom stereocenters. The van der Waals surface area contributed by atoms with E-state index in [1.54, 1.807) is 0 Å². The molecule has 1 aromatic heterocycles. The molecule has 0 radical (unpaired) electrons. The third kappa shape index (κ3) is 4.49. The summed E-state index contributed by atoms with van der Waals surface area (Å²) in [6.07, 6.45) is 0.970. The number of anilines is 1. The average molecular weight is 390 g/mol. The lowest BCUT2D eigenvalue weighted by molar-refractivity contribution is 0.142. The number of hydrogen-bond acceptors (Lipinski definition) is 3. The number of urea groups is 1. The molecule has 150 valence electrons. The van der Waals surface area contributed by atoms with Gasteiger partial charge in [-0.1, -0.05) is 31.2 Å². The summed E-state index contributed by atoms with van der Waals surface area (Å²) in [4.78, 5) is 32.0. The van der Waals surface area contributed by atoms with E-state index in [1.807, 2.05) is 47.4 Å². The molecule has 0 saturated carbocycles. The number of piperazine rings is 1. The summed E-state index contributed by atoms with van der Waals surface area (Å²) in [7, 11) is 0. The number of rotatable bonds is 4. The Morgan fingerprint density at radius 1 is 1.03 bits per heavy atom. The van der Waals surface area contributed by atoms with Crippen molar-refractivity contribution < 1.29 is 4.79 Å². The topological polar surface area (TPSA) is 68.4 Å². The van der Waals surface area contributed by atoms with Gasteiger partial charge in [0.1, 0.15) is 0 Å². The Kier molecular flexibility index (Phi) is 5.62. The molecule has 1 saturated heterocycles. The molecule has 29 heavy (non-hydrogen) atoms. The molecule has 0 bridgehead atoms. The van der Waals surface area contributed by atoms with Gasteiger partial charge in [-0.05, 0) is 47.7 Å². The number of amides is 2.